The molecule has 5 rings (SSSR count). The number of benzene rings is 2. The predicted octanol–water partition coefficient (Wildman–Crippen LogP) is 2.93. The van der Waals surface area contributed by atoms with Crippen molar-refractivity contribution >= 4 is 23.8 Å². The third kappa shape index (κ3) is 4.35. The van der Waals surface area contributed by atoms with E-state index in [0.717, 1.165) is 16.8 Å². The highest BCUT2D eigenvalue weighted by atomic mass is 16.5. The van der Waals surface area contributed by atoms with E-state index in [2.05, 4.69) is 0 Å². The molecule has 2 amide bonds. The van der Waals surface area contributed by atoms with Crippen LogP contribution in [0.25, 0.3) is 0 Å². The maximum absolute atomic E-state index is 14.1. The number of carbonyl (C=O) groups is 4. The Bertz CT molecular complexity index is 1450. The highest BCUT2D eigenvalue weighted by Gasteiger charge is 2.64. The van der Waals surface area contributed by atoms with Crippen LogP contribution in [0.5, 0.6) is 0 Å². The Labute approximate surface area is 233 Å². The Morgan fingerprint density at radius 1 is 0.950 bits per heavy atom. The third-order valence-corrected chi connectivity index (χ3v) is 8.18. The van der Waals surface area contributed by atoms with E-state index >= 15 is 0 Å². The zero-order valence-electron chi connectivity index (χ0n) is 23.1. The Balaban J connectivity index is 1.71. The number of amides is 2. The van der Waals surface area contributed by atoms with Gasteiger partial charge in [-0.25, -0.2) is 4.79 Å². The normalized spacial score (nSPS) is 20.9. The molecular weight excluding hydrogens is 510 g/mol. The van der Waals surface area contributed by atoms with Crippen LogP contribution in [0.1, 0.15) is 43.6 Å². The first-order chi connectivity index (χ1) is 19.2. The predicted molar refractivity (Wildman–Crippen MR) is 147 cm³/mol. The molecule has 2 heterocycles. The van der Waals surface area contributed by atoms with Crippen molar-refractivity contribution in [2.45, 2.75) is 30.8 Å². The second kappa shape index (κ2) is 10.6. The molecule has 40 heavy (non-hydrogen) atoms. The highest BCUT2D eigenvalue weighted by molar-refractivity contribution is 6.00. The van der Waals surface area contributed by atoms with E-state index in [9.17, 15) is 19.2 Å². The van der Waals surface area contributed by atoms with Crippen LogP contribution < -0.4 is 0 Å². The number of aromatic nitrogens is 1. The Kier molecular flexibility index (Phi) is 7.23. The van der Waals surface area contributed by atoms with Crippen molar-refractivity contribution in [3.63, 3.8) is 0 Å². The van der Waals surface area contributed by atoms with Crippen molar-refractivity contribution in [3.05, 3.63) is 94.8 Å². The summed E-state index contributed by atoms with van der Waals surface area (Å²) >= 11 is 0. The molecular formula is C31H33N3O6. The van der Waals surface area contributed by atoms with Gasteiger partial charge in [0.2, 0.25) is 0 Å². The monoisotopic (exact) mass is 543 g/mol. The number of nitrogens with zero attached hydrogens (tertiary/aromatic N) is 3. The quantitative estimate of drug-likeness (QED) is 0.425. The minimum Gasteiger partial charge on any atom is -0.468 e. The minimum absolute atomic E-state index is 0.118. The van der Waals surface area contributed by atoms with Crippen LogP contribution in [0.15, 0.2) is 66.7 Å². The van der Waals surface area contributed by atoms with E-state index in [0.29, 0.717) is 24.2 Å². The molecule has 1 aliphatic carbocycles. The lowest BCUT2D eigenvalue weighted by Gasteiger charge is -2.40. The molecule has 0 saturated carbocycles. The zero-order chi connectivity index (χ0) is 28.6. The van der Waals surface area contributed by atoms with Gasteiger partial charge in [-0.2, -0.15) is 0 Å². The first-order valence-electron chi connectivity index (χ1n) is 13.2. The molecule has 0 radical (unpaired) electrons. The van der Waals surface area contributed by atoms with Gasteiger partial charge in [0.05, 0.1) is 14.2 Å². The number of rotatable bonds is 7. The lowest BCUT2D eigenvalue weighted by atomic mass is 9.75. The maximum Gasteiger partial charge on any atom is 0.332 e. The van der Waals surface area contributed by atoms with Gasteiger partial charge >= 0.3 is 11.9 Å². The smallest absolute Gasteiger partial charge is 0.332 e. The van der Waals surface area contributed by atoms with E-state index in [1.807, 2.05) is 36.4 Å². The maximum atomic E-state index is 14.1. The molecule has 9 nitrogen and oxygen atoms in total. The van der Waals surface area contributed by atoms with Crippen molar-refractivity contribution in [2.24, 2.45) is 5.92 Å². The van der Waals surface area contributed by atoms with Crippen molar-refractivity contribution in [1.82, 2.24) is 14.4 Å². The average Bonchev–Trinajstić information content (AvgIpc) is 3.60. The molecule has 1 aromatic heterocycles. The minimum atomic E-state index is -1.37. The number of ether oxygens (including phenoxy) is 2. The van der Waals surface area contributed by atoms with E-state index in [1.54, 1.807) is 53.9 Å². The molecule has 0 unspecified atom stereocenters. The largest absolute Gasteiger partial charge is 0.468 e. The standard InChI is InChI=1S/C31H33N3O6/c1-32(2)29(37)25-16-23-24(33(25)19-26(35)39-3)15-22-18-34(28(36)21-13-9-6-10-14-21)31(27(22)23,30(38)40-4)17-20-11-7-5-8-12-20/h5-14,16,22,27H,15,17-19H2,1-4H3/t22-,27+,31+/m0/s1. The molecule has 1 saturated heterocycles. The SMILES string of the molecule is COC(=O)Cn1c(C(=O)N(C)C)cc2c1C[C@H]1CN(C(=O)c3ccccc3)[C@@](Cc3ccccc3)(C(=O)OC)[C@@H]21. The molecule has 2 aliphatic rings. The summed E-state index contributed by atoms with van der Waals surface area (Å²) in [6, 6.07) is 20.3. The third-order valence-electron chi connectivity index (χ3n) is 8.18. The number of hydrogen-bond donors (Lipinski definition) is 0. The summed E-state index contributed by atoms with van der Waals surface area (Å²) in [5, 5.41) is 0. The Morgan fingerprint density at radius 3 is 2.20 bits per heavy atom. The molecule has 0 bridgehead atoms. The number of likely N-dealkylation sites (tertiary alicyclic amines) is 1. The fraction of sp³-hybridized carbons (Fsp3) is 0.355. The molecule has 0 spiro atoms. The summed E-state index contributed by atoms with van der Waals surface area (Å²) in [7, 11) is 5.95. The highest BCUT2D eigenvalue weighted by Crippen LogP contribution is 2.55. The summed E-state index contributed by atoms with van der Waals surface area (Å²) in [6.45, 7) is 0.195. The molecule has 1 aliphatic heterocycles. The fourth-order valence-corrected chi connectivity index (χ4v) is 6.49. The summed E-state index contributed by atoms with van der Waals surface area (Å²) in [6.07, 6.45) is 0.725. The van der Waals surface area contributed by atoms with Gasteiger partial charge in [-0.1, -0.05) is 48.5 Å². The van der Waals surface area contributed by atoms with Crippen LogP contribution in [-0.4, -0.2) is 78.5 Å². The average molecular weight is 544 g/mol. The van der Waals surface area contributed by atoms with E-state index < -0.39 is 23.4 Å². The van der Waals surface area contributed by atoms with Crippen LogP contribution in [0.4, 0.5) is 0 Å². The Hall–Kier alpha value is -4.40. The molecule has 3 aromatic rings. The second-order valence-electron chi connectivity index (χ2n) is 10.6. The van der Waals surface area contributed by atoms with Gasteiger partial charge in [0.15, 0.2) is 5.54 Å². The first-order valence-corrected chi connectivity index (χ1v) is 13.2. The number of hydrogen-bond acceptors (Lipinski definition) is 6. The molecule has 1 fully saturated rings. The summed E-state index contributed by atoms with van der Waals surface area (Å²) in [5.41, 5.74) is 1.92. The van der Waals surface area contributed by atoms with Crippen LogP contribution in [0.3, 0.4) is 0 Å². The van der Waals surface area contributed by atoms with E-state index in [4.69, 9.17) is 9.47 Å². The van der Waals surface area contributed by atoms with Gasteiger partial charge in [0, 0.05) is 44.2 Å². The Morgan fingerprint density at radius 2 is 1.60 bits per heavy atom. The van der Waals surface area contributed by atoms with Gasteiger partial charge in [0.1, 0.15) is 12.2 Å². The molecule has 3 atom stereocenters. The van der Waals surface area contributed by atoms with Crippen LogP contribution in [-0.2, 0) is 38.4 Å². The van der Waals surface area contributed by atoms with Crippen molar-refractivity contribution in [2.75, 3.05) is 34.9 Å². The van der Waals surface area contributed by atoms with Gasteiger partial charge in [-0.15, -0.1) is 0 Å². The summed E-state index contributed by atoms with van der Waals surface area (Å²) < 4.78 is 12.1. The van der Waals surface area contributed by atoms with Gasteiger partial charge in [-0.3, -0.25) is 14.4 Å². The number of methoxy groups -OCH3 is 2. The van der Waals surface area contributed by atoms with Crippen molar-refractivity contribution in [1.29, 1.82) is 0 Å². The summed E-state index contributed by atoms with van der Waals surface area (Å²) in [4.78, 5) is 56.8. The van der Waals surface area contributed by atoms with Gasteiger partial charge in [-0.05, 0) is 41.7 Å². The first kappa shape index (κ1) is 27.2. The number of esters is 2. The number of carbonyl (C=O) groups excluding carboxylic acids is 4. The molecule has 208 valence electrons. The lowest BCUT2D eigenvalue weighted by Crippen LogP contribution is -2.58. The zero-order valence-corrected chi connectivity index (χ0v) is 23.1. The number of fused-ring (bicyclic) bond motifs is 3. The van der Waals surface area contributed by atoms with Gasteiger partial charge < -0.3 is 23.8 Å². The van der Waals surface area contributed by atoms with E-state index in [1.165, 1.54) is 19.1 Å². The van der Waals surface area contributed by atoms with Crippen molar-refractivity contribution < 1.29 is 28.7 Å². The van der Waals surface area contributed by atoms with Crippen molar-refractivity contribution in [3.8, 4) is 0 Å². The van der Waals surface area contributed by atoms with Crippen LogP contribution >= 0.6 is 0 Å². The topological polar surface area (TPSA) is 98.1 Å². The molecule has 0 N–H and O–H groups in total. The van der Waals surface area contributed by atoms with E-state index in [-0.39, 0.29) is 30.7 Å². The second-order valence-corrected chi connectivity index (χ2v) is 10.6. The fourth-order valence-electron chi connectivity index (χ4n) is 6.49. The lowest BCUT2D eigenvalue weighted by molar-refractivity contribution is -0.153. The summed E-state index contributed by atoms with van der Waals surface area (Å²) in [5.74, 6) is -2.08. The molecule has 2 aromatic carbocycles. The van der Waals surface area contributed by atoms with Crippen LogP contribution in [0.2, 0.25) is 0 Å². The van der Waals surface area contributed by atoms with Crippen LogP contribution in [0, 0.1) is 5.92 Å². The van der Waals surface area contributed by atoms with Gasteiger partial charge in [0.25, 0.3) is 11.8 Å². The molecule has 9 heteroatoms.